The predicted octanol–water partition coefficient (Wildman–Crippen LogP) is -0.828. The van der Waals surface area contributed by atoms with Gasteiger partial charge in [-0.25, -0.2) is 4.79 Å². The van der Waals surface area contributed by atoms with E-state index in [1.54, 1.807) is 0 Å². The summed E-state index contributed by atoms with van der Waals surface area (Å²) in [5.41, 5.74) is 5.97. The smallest absolute Gasteiger partial charge is 0.356 e. The number of carboxylic acid groups (broad SMARTS) is 1. The van der Waals surface area contributed by atoms with Crippen molar-refractivity contribution >= 4 is 17.8 Å². The zero-order valence-electron chi connectivity index (χ0n) is 12.4. The second kappa shape index (κ2) is 4.82. The lowest BCUT2D eigenvalue weighted by molar-refractivity contribution is -0.156. The summed E-state index contributed by atoms with van der Waals surface area (Å²) in [6.07, 6.45) is 4.09. The van der Waals surface area contributed by atoms with Gasteiger partial charge >= 0.3 is 5.97 Å². The van der Waals surface area contributed by atoms with Crippen molar-refractivity contribution in [3.63, 3.8) is 0 Å². The van der Waals surface area contributed by atoms with Gasteiger partial charge in [0.25, 0.3) is 0 Å². The van der Waals surface area contributed by atoms with E-state index >= 15 is 0 Å². The summed E-state index contributed by atoms with van der Waals surface area (Å²) in [6.45, 7) is 0.796. The third kappa shape index (κ3) is 2.05. The van der Waals surface area contributed by atoms with E-state index in [2.05, 4.69) is 0 Å². The maximum Gasteiger partial charge on any atom is 0.356 e. The molecule has 0 unspecified atom stereocenters. The minimum atomic E-state index is -1.26. The van der Waals surface area contributed by atoms with Crippen molar-refractivity contribution in [1.82, 2.24) is 9.80 Å². The summed E-state index contributed by atoms with van der Waals surface area (Å²) in [5.74, 6) is -1.69. The lowest BCUT2D eigenvalue weighted by atomic mass is 9.93. The first-order valence-electron chi connectivity index (χ1n) is 7.69. The number of allylic oxidation sites excluding steroid dienone is 1. The van der Waals surface area contributed by atoms with Gasteiger partial charge in [-0.2, -0.15) is 0 Å². The van der Waals surface area contributed by atoms with Crippen LogP contribution >= 0.6 is 0 Å². The summed E-state index contributed by atoms with van der Waals surface area (Å²) in [5, 5.41) is 9.43. The maximum absolute atomic E-state index is 12.3. The largest absolute Gasteiger partial charge is 0.489 e. The number of nitrogens with two attached hydrogens (primary N) is 1. The van der Waals surface area contributed by atoms with Crippen molar-refractivity contribution < 1.29 is 24.2 Å². The summed E-state index contributed by atoms with van der Waals surface area (Å²) in [7, 11) is 0. The lowest BCUT2D eigenvalue weighted by Gasteiger charge is -2.47. The van der Waals surface area contributed by atoms with Crippen molar-refractivity contribution in [2.45, 2.75) is 37.4 Å². The highest BCUT2D eigenvalue weighted by molar-refractivity contribution is 6.01. The van der Waals surface area contributed by atoms with Crippen LogP contribution in [0.1, 0.15) is 19.3 Å². The predicted molar refractivity (Wildman–Crippen MR) is 76.7 cm³/mol. The molecule has 23 heavy (non-hydrogen) atoms. The molecule has 0 radical (unpaired) electrons. The fourth-order valence-corrected chi connectivity index (χ4v) is 3.36. The Morgan fingerprint density at radius 2 is 2.09 bits per heavy atom. The van der Waals surface area contributed by atoms with Gasteiger partial charge in [-0.3, -0.25) is 14.5 Å². The van der Waals surface area contributed by atoms with Crippen LogP contribution < -0.4 is 5.73 Å². The Balaban J connectivity index is 1.66. The van der Waals surface area contributed by atoms with E-state index in [-0.39, 0.29) is 24.0 Å². The lowest BCUT2D eigenvalue weighted by Crippen LogP contribution is -2.71. The van der Waals surface area contributed by atoms with Crippen molar-refractivity contribution in [1.29, 1.82) is 0 Å². The SMILES string of the molecule is N[C@@H]1C(=O)N2C(C(=O)O)=C(C=C3CCN(C4CC4)C3=O)OC[C@H]12. The Kier molecular flexibility index (Phi) is 2.99. The molecule has 0 aromatic rings. The fraction of sp³-hybridized carbons (Fsp3) is 0.533. The molecule has 122 valence electrons. The molecule has 2 atom stereocenters. The number of carboxylic acids is 1. The molecule has 8 nitrogen and oxygen atoms in total. The van der Waals surface area contributed by atoms with Crippen LogP contribution in [0.15, 0.2) is 23.1 Å². The molecular weight excluding hydrogens is 302 g/mol. The van der Waals surface area contributed by atoms with Crippen molar-refractivity contribution in [3.8, 4) is 0 Å². The molecule has 0 spiro atoms. The van der Waals surface area contributed by atoms with Crippen LogP contribution in [0.3, 0.4) is 0 Å². The van der Waals surface area contributed by atoms with Gasteiger partial charge in [0.2, 0.25) is 11.8 Å². The number of aliphatic carboxylic acids is 1. The molecule has 1 aliphatic carbocycles. The highest BCUT2D eigenvalue weighted by Crippen LogP contribution is 2.35. The van der Waals surface area contributed by atoms with Crippen molar-refractivity contribution in [2.75, 3.05) is 13.2 Å². The van der Waals surface area contributed by atoms with Gasteiger partial charge < -0.3 is 20.5 Å². The van der Waals surface area contributed by atoms with Gasteiger partial charge in [-0.15, -0.1) is 0 Å². The van der Waals surface area contributed by atoms with Crippen LogP contribution in [0.2, 0.25) is 0 Å². The zero-order chi connectivity index (χ0) is 16.3. The first-order valence-corrected chi connectivity index (χ1v) is 7.69. The van der Waals surface area contributed by atoms with Gasteiger partial charge in [0.15, 0.2) is 11.5 Å². The fourth-order valence-electron chi connectivity index (χ4n) is 3.36. The number of ether oxygens (including phenoxy) is 1. The number of likely N-dealkylation sites (tertiary alicyclic amines) is 1. The molecule has 4 aliphatic rings. The van der Waals surface area contributed by atoms with E-state index in [0.717, 1.165) is 12.8 Å². The maximum atomic E-state index is 12.3. The van der Waals surface area contributed by atoms with Crippen LogP contribution in [0.4, 0.5) is 0 Å². The number of hydrogen-bond acceptors (Lipinski definition) is 5. The molecule has 3 heterocycles. The molecule has 1 saturated carbocycles. The molecule has 0 bridgehead atoms. The van der Waals surface area contributed by atoms with E-state index in [1.165, 1.54) is 11.0 Å². The third-order valence-electron chi connectivity index (χ3n) is 4.81. The first kappa shape index (κ1) is 14.3. The Morgan fingerprint density at radius 3 is 2.74 bits per heavy atom. The second-order valence-electron chi connectivity index (χ2n) is 6.28. The van der Waals surface area contributed by atoms with Crippen molar-refractivity contribution in [3.05, 3.63) is 23.1 Å². The highest BCUT2D eigenvalue weighted by Gasteiger charge is 2.52. The number of fused-ring (bicyclic) bond motifs is 1. The number of β-lactam (4-membered cyclic amide) rings is 1. The Labute approximate surface area is 132 Å². The van der Waals surface area contributed by atoms with Crippen molar-refractivity contribution in [2.24, 2.45) is 5.73 Å². The standard InChI is InChI=1S/C15H17N3O5/c16-11-9-6-23-10(12(15(21)22)18(9)14(11)20)5-7-3-4-17(13(7)19)8-1-2-8/h5,8-9,11H,1-4,6,16H2,(H,21,22)/t9-,11+/m1/s1. The van der Waals surface area contributed by atoms with Crippen LogP contribution in [-0.2, 0) is 19.1 Å². The Morgan fingerprint density at radius 1 is 1.35 bits per heavy atom. The van der Waals surface area contributed by atoms with Gasteiger partial charge in [-0.1, -0.05) is 0 Å². The molecule has 0 aromatic heterocycles. The molecule has 0 aromatic carbocycles. The molecule has 4 rings (SSSR count). The average molecular weight is 319 g/mol. The first-order chi connectivity index (χ1) is 11.0. The number of rotatable bonds is 3. The number of hydrogen-bond donors (Lipinski definition) is 2. The average Bonchev–Trinajstić information content (AvgIpc) is 3.31. The van der Waals surface area contributed by atoms with E-state index in [4.69, 9.17) is 10.5 Å². The number of carbonyl (C=O) groups excluding carboxylic acids is 2. The molecule has 3 fully saturated rings. The Bertz CT molecular complexity index is 679. The minimum absolute atomic E-state index is 0.0648. The van der Waals surface area contributed by atoms with E-state index in [9.17, 15) is 19.5 Å². The molecular formula is C15H17N3O5. The van der Waals surface area contributed by atoms with Gasteiger partial charge in [0, 0.05) is 18.2 Å². The number of carbonyl (C=O) groups is 3. The monoisotopic (exact) mass is 319 g/mol. The molecule has 2 saturated heterocycles. The summed E-state index contributed by atoms with van der Waals surface area (Å²) >= 11 is 0. The van der Waals surface area contributed by atoms with E-state index < -0.39 is 24.0 Å². The molecule has 3 aliphatic heterocycles. The highest BCUT2D eigenvalue weighted by atomic mass is 16.5. The molecule has 2 amide bonds. The normalized spacial score (nSPS) is 32.1. The molecule has 8 heteroatoms. The quantitative estimate of drug-likeness (QED) is 0.519. The second-order valence-corrected chi connectivity index (χ2v) is 6.28. The number of nitrogens with zero attached hydrogens (tertiary/aromatic N) is 2. The zero-order valence-corrected chi connectivity index (χ0v) is 12.4. The summed E-state index contributed by atoms with van der Waals surface area (Å²) in [4.78, 5) is 38.7. The van der Waals surface area contributed by atoms with E-state index in [0.29, 0.717) is 24.6 Å². The third-order valence-corrected chi connectivity index (χ3v) is 4.81. The molecule has 3 N–H and O–H groups in total. The van der Waals surface area contributed by atoms with Gasteiger partial charge in [-0.05, 0) is 25.3 Å². The minimum Gasteiger partial charge on any atom is -0.489 e. The number of amides is 2. The van der Waals surface area contributed by atoms with Crippen LogP contribution in [-0.4, -0.2) is 64.0 Å². The summed E-state index contributed by atoms with van der Waals surface area (Å²) < 4.78 is 5.50. The summed E-state index contributed by atoms with van der Waals surface area (Å²) in [6, 6.07) is -0.844. The van der Waals surface area contributed by atoms with Gasteiger partial charge in [0.05, 0.1) is 6.04 Å². The van der Waals surface area contributed by atoms with Crippen LogP contribution in [0.25, 0.3) is 0 Å². The van der Waals surface area contributed by atoms with E-state index in [1.807, 2.05) is 4.90 Å². The van der Waals surface area contributed by atoms with Crippen LogP contribution in [0.5, 0.6) is 0 Å². The van der Waals surface area contributed by atoms with Gasteiger partial charge in [0.1, 0.15) is 12.6 Å². The Hall–Kier alpha value is -2.35. The topological polar surface area (TPSA) is 113 Å². The van der Waals surface area contributed by atoms with Crippen LogP contribution in [0, 0.1) is 0 Å².